The number of hydrogen-bond acceptors (Lipinski definition) is 4. The Morgan fingerprint density at radius 2 is 2.00 bits per heavy atom. The van der Waals surface area contributed by atoms with Crippen LogP contribution >= 0.6 is 27.3 Å². The van der Waals surface area contributed by atoms with Gasteiger partial charge in [0.1, 0.15) is 11.4 Å². The van der Waals surface area contributed by atoms with Gasteiger partial charge in [-0.15, -0.1) is 11.3 Å². The van der Waals surface area contributed by atoms with Gasteiger partial charge in [-0.05, 0) is 43.5 Å². The summed E-state index contributed by atoms with van der Waals surface area (Å²) in [5, 5.41) is 3.62. The Bertz CT molecular complexity index is 1010. The first kappa shape index (κ1) is 18.8. The molecule has 1 aromatic carbocycles. The van der Waals surface area contributed by atoms with Gasteiger partial charge in [0, 0.05) is 9.35 Å². The molecule has 26 heavy (non-hydrogen) atoms. The molecule has 0 aliphatic rings. The Kier molecular flexibility index (Phi) is 5.58. The molecular formula is C19H20BrN3O2S. The van der Waals surface area contributed by atoms with Gasteiger partial charge in [0.15, 0.2) is 0 Å². The fourth-order valence-electron chi connectivity index (χ4n) is 2.89. The topological polar surface area (TPSA) is 64.0 Å². The first-order valence-corrected chi connectivity index (χ1v) is 10.0. The zero-order valence-electron chi connectivity index (χ0n) is 14.9. The van der Waals surface area contributed by atoms with Gasteiger partial charge in [-0.3, -0.25) is 14.2 Å². The first-order valence-electron chi connectivity index (χ1n) is 8.40. The number of carbonyl (C=O) groups is 1. The lowest BCUT2D eigenvalue weighted by Crippen LogP contribution is -2.34. The van der Waals surface area contributed by atoms with Crippen molar-refractivity contribution in [1.29, 1.82) is 0 Å². The van der Waals surface area contributed by atoms with E-state index in [0.717, 1.165) is 31.7 Å². The van der Waals surface area contributed by atoms with Crippen molar-refractivity contribution in [3.05, 3.63) is 61.4 Å². The van der Waals surface area contributed by atoms with Gasteiger partial charge in [-0.1, -0.05) is 35.0 Å². The average Bonchev–Trinajstić information content (AvgIpc) is 2.91. The molecule has 0 saturated carbocycles. The van der Waals surface area contributed by atoms with Crippen LogP contribution in [-0.2, 0) is 11.3 Å². The number of aromatic nitrogens is 2. The molecule has 0 bridgehead atoms. The molecule has 1 atom stereocenters. The lowest BCUT2D eigenvalue weighted by molar-refractivity contribution is -0.122. The van der Waals surface area contributed by atoms with Gasteiger partial charge < -0.3 is 5.32 Å². The van der Waals surface area contributed by atoms with Crippen LogP contribution in [0.4, 0.5) is 0 Å². The minimum atomic E-state index is -0.201. The highest BCUT2D eigenvalue weighted by Gasteiger charge is 2.16. The van der Waals surface area contributed by atoms with E-state index in [0.29, 0.717) is 5.39 Å². The predicted molar refractivity (Wildman–Crippen MR) is 109 cm³/mol. The number of aryl methyl sites for hydroxylation is 2. The summed E-state index contributed by atoms with van der Waals surface area (Å²) in [4.78, 5) is 31.3. The molecule has 136 valence electrons. The molecule has 1 amide bonds. The number of nitrogens with one attached hydrogen (secondary N) is 1. The molecule has 1 N–H and O–H groups in total. The third kappa shape index (κ3) is 3.73. The molecular weight excluding hydrogens is 414 g/mol. The zero-order valence-corrected chi connectivity index (χ0v) is 17.3. The second-order valence-corrected chi connectivity index (χ2v) is 8.34. The number of rotatable bonds is 5. The number of halogens is 1. The summed E-state index contributed by atoms with van der Waals surface area (Å²) in [6.07, 6.45) is 2.22. The maximum Gasteiger partial charge on any atom is 0.262 e. The fraction of sp³-hybridized carbons (Fsp3) is 0.316. The Morgan fingerprint density at radius 3 is 2.65 bits per heavy atom. The quantitative estimate of drug-likeness (QED) is 0.658. The summed E-state index contributed by atoms with van der Waals surface area (Å²) in [6, 6.07) is 7.78. The average molecular weight is 434 g/mol. The van der Waals surface area contributed by atoms with E-state index in [-0.39, 0.29) is 24.1 Å². The predicted octanol–water partition coefficient (Wildman–Crippen LogP) is 4.10. The minimum absolute atomic E-state index is 0.0386. The van der Waals surface area contributed by atoms with Crippen LogP contribution in [0, 0.1) is 13.8 Å². The second-order valence-electron chi connectivity index (χ2n) is 6.22. The van der Waals surface area contributed by atoms with E-state index in [9.17, 15) is 9.59 Å². The van der Waals surface area contributed by atoms with Crippen molar-refractivity contribution in [3.8, 4) is 0 Å². The van der Waals surface area contributed by atoms with Crippen LogP contribution in [0.3, 0.4) is 0 Å². The van der Waals surface area contributed by atoms with Crippen LogP contribution in [0.15, 0.2) is 39.9 Å². The Labute approximate surface area is 164 Å². The highest BCUT2D eigenvalue weighted by atomic mass is 79.9. The van der Waals surface area contributed by atoms with E-state index in [2.05, 4.69) is 26.2 Å². The van der Waals surface area contributed by atoms with Crippen molar-refractivity contribution in [1.82, 2.24) is 14.9 Å². The number of hydrogen-bond donors (Lipinski definition) is 1. The van der Waals surface area contributed by atoms with E-state index in [1.54, 1.807) is 0 Å². The van der Waals surface area contributed by atoms with Gasteiger partial charge in [-0.2, -0.15) is 0 Å². The van der Waals surface area contributed by atoms with Crippen molar-refractivity contribution in [3.63, 3.8) is 0 Å². The van der Waals surface area contributed by atoms with Crippen molar-refractivity contribution >= 4 is 43.4 Å². The summed E-state index contributed by atoms with van der Waals surface area (Å²) in [7, 11) is 0. The molecule has 0 radical (unpaired) electrons. The van der Waals surface area contributed by atoms with E-state index >= 15 is 0 Å². The zero-order chi connectivity index (χ0) is 18.8. The number of nitrogens with zero attached hydrogens (tertiary/aromatic N) is 2. The molecule has 0 spiro atoms. The maximum absolute atomic E-state index is 12.7. The number of carbonyl (C=O) groups excluding carboxylic acids is 1. The fourth-order valence-corrected chi connectivity index (χ4v) is 4.15. The molecule has 2 heterocycles. The first-order chi connectivity index (χ1) is 12.4. The van der Waals surface area contributed by atoms with Crippen LogP contribution in [0.2, 0.25) is 0 Å². The smallest absolute Gasteiger partial charge is 0.262 e. The number of benzene rings is 1. The third-order valence-electron chi connectivity index (χ3n) is 4.49. The largest absolute Gasteiger partial charge is 0.348 e. The van der Waals surface area contributed by atoms with E-state index < -0.39 is 0 Å². The second kappa shape index (κ2) is 7.72. The van der Waals surface area contributed by atoms with Crippen LogP contribution in [-0.4, -0.2) is 15.5 Å². The van der Waals surface area contributed by atoms with Crippen molar-refractivity contribution in [2.75, 3.05) is 0 Å². The Morgan fingerprint density at radius 1 is 1.31 bits per heavy atom. The van der Waals surface area contributed by atoms with Gasteiger partial charge in [-0.25, -0.2) is 4.98 Å². The summed E-state index contributed by atoms with van der Waals surface area (Å²) in [5.41, 5.74) is 1.82. The SMILES string of the molecule is CCC(NC(=O)Cn1cnc2sc(C)c(C)c2c1=O)c1ccc(Br)cc1. The molecule has 2 aromatic heterocycles. The van der Waals surface area contributed by atoms with Gasteiger partial charge in [0.25, 0.3) is 5.56 Å². The molecule has 3 rings (SSSR count). The molecule has 0 saturated heterocycles. The van der Waals surface area contributed by atoms with Crippen molar-refractivity contribution in [2.45, 2.75) is 39.8 Å². The van der Waals surface area contributed by atoms with Gasteiger partial charge >= 0.3 is 0 Å². The molecule has 0 fully saturated rings. The molecule has 1 unspecified atom stereocenters. The van der Waals surface area contributed by atoms with Crippen LogP contribution in [0.1, 0.15) is 35.4 Å². The lowest BCUT2D eigenvalue weighted by Gasteiger charge is -2.18. The molecule has 3 aromatic rings. The summed E-state index contributed by atoms with van der Waals surface area (Å²) < 4.78 is 2.38. The normalized spacial score (nSPS) is 12.3. The molecule has 7 heteroatoms. The molecule has 0 aliphatic carbocycles. The van der Waals surface area contributed by atoms with Crippen molar-refractivity contribution in [2.24, 2.45) is 0 Å². The number of thiophene rings is 1. The molecule has 5 nitrogen and oxygen atoms in total. The summed E-state index contributed by atoms with van der Waals surface area (Å²) >= 11 is 4.92. The highest BCUT2D eigenvalue weighted by molar-refractivity contribution is 9.10. The van der Waals surface area contributed by atoms with Crippen LogP contribution in [0.5, 0.6) is 0 Å². The standard InChI is InChI=1S/C19H20BrN3O2S/c1-4-15(13-5-7-14(20)8-6-13)22-16(24)9-23-10-21-18-17(19(23)25)11(2)12(3)26-18/h5-8,10,15H,4,9H2,1-3H3,(H,22,24). The van der Waals surface area contributed by atoms with Gasteiger partial charge in [0.2, 0.25) is 5.91 Å². The number of amides is 1. The maximum atomic E-state index is 12.7. The van der Waals surface area contributed by atoms with Crippen LogP contribution in [0.25, 0.3) is 10.2 Å². The van der Waals surface area contributed by atoms with Crippen molar-refractivity contribution < 1.29 is 4.79 Å². The van der Waals surface area contributed by atoms with E-state index in [1.165, 1.54) is 22.2 Å². The minimum Gasteiger partial charge on any atom is -0.348 e. The summed E-state index contributed by atoms with van der Waals surface area (Å²) in [5.74, 6) is -0.201. The van der Waals surface area contributed by atoms with Gasteiger partial charge in [0.05, 0.1) is 17.8 Å². The summed E-state index contributed by atoms with van der Waals surface area (Å²) in [6.45, 7) is 5.87. The highest BCUT2D eigenvalue weighted by Crippen LogP contribution is 2.25. The third-order valence-corrected chi connectivity index (χ3v) is 6.13. The van der Waals surface area contributed by atoms with E-state index in [1.807, 2.05) is 45.0 Å². The number of fused-ring (bicyclic) bond motifs is 1. The van der Waals surface area contributed by atoms with E-state index in [4.69, 9.17) is 0 Å². The molecule has 0 aliphatic heterocycles. The monoisotopic (exact) mass is 433 g/mol. The lowest BCUT2D eigenvalue weighted by atomic mass is 10.0. The Balaban J connectivity index is 1.80. The Hall–Kier alpha value is -1.99. The van der Waals surface area contributed by atoms with Crippen LogP contribution < -0.4 is 10.9 Å².